The number of para-hydroxylation sites is 2. The third-order valence-electron chi connectivity index (χ3n) is 3.44. The molecule has 4 nitrogen and oxygen atoms in total. The van der Waals surface area contributed by atoms with Gasteiger partial charge in [-0.25, -0.2) is 4.98 Å². The predicted octanol–water partition coefficient (Wildman–Crippen LogP) is 3.54. The largest absolute Gasteiger partial charge is 0.384 e. The van der Waals surface area contributed by atoms with Crippen LogP contribution in [-0.2, 0) is 5.60 Å². The number of imidazole rings is 1. The molecule has 0 bridgehead atoms. The first kappa shape index (κ1) is 13.9. The molecule has 1 aromatic heterocycles. The van der Waals surface area contributed by atoms with Crippen molar-refractivity contribution in [3.63, 3.8) is 0 Å². The van der Waals surface area contributed by atoms with Gasteiger partial charge in [-0.05, 0) is 36.8 Å². The number of anilines is 1. The lowest BCUT2D eigenvalue weighted by Gasteiger charge is -2.24. The Balaban J connectivity index is 1.76. The SMILES string of the molecule is CC(O)(CNc1nc2ccccc2[nH]1)c1cccc(Cl)c1. The van der Waals surface area contributed by atoms with Crippen LogP contribution in [0.15, 0.2) is 48.5 Å². The van der Waals surface area contributed by atoms with E-state index < -0.39 is 5.60 Å². The molecule has 3 rings (SSSR count). The fourth-order valence-corrected chi connectivity index (χ4v) is 2.41. The van der Waals surface area contributed by atoms with E-state index >= 15 is 0 Å². The zero-order valence-electron chi connectivity index (χ0n) is 11.6. The topological polar surface area (TPSA) is 60.9 Å². The number of rotatable bonds is 4. The lowest BCUT2D eigenvalue weighted by atomic mass is 9.96. The van der Waals surface area contributed by atoms with Crippen LogP contribution in [0.5, 0.6) is 0 Å². The van der Waals surface area contributed by atoms with E-state index in [9.17, 15) is 5.11 Å². The van der Waals surface area contributed by atoms with E-state index in [2.05, 4.69) is 15.3 Å². The van der Waals surface area contributed by atoms with Gasteiger partial charge < -0.3 is 15.4 Å². The van der Waals surface area contributed by atoms with Crippen molar-refractivity contribution in [2.24, 2.45) is 0 Å². The Kier molecular flexibility index (Phi) is 3.57. The summed E-state index contributed by atoms with van der Waals surface area (Å²) in [6.45, 7) is 2.07. The third-order valence-corrected chi connectivity index (χ3v) is 3.67. The highest BCUT2D eigenvalue weighted by atomic mass is 35.5. The first-order valence-corrected chi connectivity index (χ1v) is 7.09. The van der Waals surface area contributed by atoms with E-state index in [1.54, 1.807) is 19.1 Å². The van der Waals surface area contributed by atoms with Crippen molar-refractivity contribution in [2.45, 2.75) is 12.5 Å². The number of nitrogens with one attached hydrogen (secondary N) is 2. The minimum Gasteiger partial charge on any atom is -0.384 e. The highest BCUT2D eigenvalue weighted by Gasteiger charge is 2.23. The van der Waals surface area contributed by atoms with Crippen LogP contribution in [0, 0.1) is 0 Å². The summed E-state index contributed by atoms with van der Waals surface area (Å²) in [6.07, 6.45) is 0. The molecule has 0 fully saturated rings. The van der Waals surface area contributed by atoms with Crippen molar-refractivity contribution in [1.82, 2.24) is 9.97 Å². The fourth-order valence-electron chi connectivity index (χ4n) is 2.22. The number of hydrogen-bond acceptors (Lipinski definition) is 3. The van der Waals surface area contributed by atoms with E-state index in [0.29, 0.717) is 17.5 Å². The molecular weight excluding hydrogens is 286 g/mol. The molecule has 0 aliphatic carbocycles. The van der Waals surface area contributed by atoms with Gasteiger partial charge in [0.2, 0.25) is 5.95 Å². The Morgan fingerprint density at radius 2 is 2.05 bits per heavy atom. The first-order valence-electron chi connectivity index (χ1n) is 6.72. The number of hydrogen-bond donors (Lipinski definition) is 3. The minimum absolute atomic E-state index is 0.327. The molecule has 108 valence electrons. The first-order chi connectivity index (χ1) is 10.0. The summed E-state index contributed by atoms with van der Waals surface area (Å²) < 4.78 is 0. The Hall–Kier alpha value is -2.04. The van der Waals surface area contributed by atoms with Gasteiger partial charge in [0.05, 0.1) is 17.6 Å². The molecule has 0 aliphatic rings. The maximum atomic E-state index is 10.6. The van der Waals surface area contributed by atoms with Gasteiger partial charge in [0, 0.05) is 5.02 Å². The standard InChI is InChI=1S/C16H16ClN3O/c1-16(21,11-5-4-6-12(17)9-11)10-18-15-19-13-7-2-3-8-14(13)20-15/h2-9,21H,10H2,1H3,(H2,18,19,20). The lowest BCUT2D eigenvalue weighted by Crippen LogP contribution is -2.31. The Morgan fingerprint density at radius 1 is 1.24 bits per heavy atom. The van der Waals surface area contributed by atoms with Crippen molar-refractivity contribution in [2.75, 3.05) is 11.9 Å². The average Bonchev–Trinajstić information content (AvgIpc) is 2.88. The van der Waals surface area contributed by atoms with Gasteiger partial charge in [0.25, 0.3) is 0 Å². The quantitative estimate of drug-likeness (QED) is 0.691. The zero-order valence-corrected chi connectivity index (χ0v) is 12.4. The minimum atomic E-state index is -1.04. The van der Waals surface area contributed by atoms with Crippen molar-refractivity contribution >= 4 is 28.6 Å². The zero-order chi connectivity index (χ0) is 14.9. The monoisotopic (exact) mass is 301 g/mol. The summed E-state index contributed by atoms with van der Waals surface area (Å²) in [5.74, 6) is 0.638. The molecule has 1 atom stereocenters. The Bertz CT molecular complexity index is 734. The van der Waals surface area contributed by atoms with Gasteiger partial charge >= 0.3 is 0 Å². The van der Waals surface area contributed by atoms with E-state index in [1.807, 2.05) is 36.4 Å². The molecule has 1 heterocycles. The van der Waals surface area contributed by atoms with Gasteiger partial charge in [-0.1, -0.05) is 35.9 Å². The van der Waals surface area contributed by atoms with Crippen LogP contribution in [0.25, 0.3) is 11.0 Å². The third kappa shape index (κ3) is 3.01. The van der Waals surface area contributed by atoms with Gasteiger partial charge in [0.15, 0.2) is 0 Å². The molecule has 0 spiro atoms. The molecule has 0 saturated carbocycles. The number of aromatic nitrogens is 2. The number of nitrogens with zero attached hydrogens (tertiary/aromatic N) is 1. The second kappa shape index (κ2) is 5.39. The van der Waals surface area contributed by atoms with Crippen molar-refractivity contribution in [1.29, 1.82) is 0 Å². The van der Waals surface area contributed by atoms with Crippen molar-refractivity contribution < 1.29 is 5.11 Å². The van der Waals surface area contributed by atoms with E-state index in [1.165, 1.54) is 0 Å². The molecule has 2 aromatic carbocycles. The number of aromatic amines is 1. The van der Waals surface area contributed by atoms with Crippen LogP contribution in [0.4, 0.5) is 5.95 Å². The van der Waals surface area contributed by atoms with Crippen molar-refractivity contribution in [3.05, 3.63) is 59.1 Å². The number of fused-ring (bicyclic) bond motifs is 1. The molecule has 3 N–H and O–H groups in total. The van der Waals surface area contributed by atoms with Gasteiger partial charge in [-0.3, -0.25) is 0 Å². The maximum absolute atomic E-state index is 10.6. The van der Waals surface area contributed by atoms with Crippen LogP contribution in [0.3, 0.4) is 0 Å². The average molecular weight is 302 g/mol. The molecule has 3 aromatic rings. The summed E-state index contributed by atoms with van der Waals surface area (Å²) in [5, 5.41) is 14.3. The molecule has 0 aliphatic heterocycles. The second-order valence-corrected chi connectivity index (χ2v) is 5.68. The highest BCUT2D eigenvalue weighted by molar-refractivity contribution is 6.30. The summed E-state index contributed by atoms with van der Waals surface area (Å²) in [4.78, 5) is 7.59. The number of H-pyrrole nitrogens is 1. The maximum Gasteiger partial charge on any atom is 0.201 e. The fraction of sp³-hybridized carbons (Fsp3) is 0.188. The summed E-state index contributed by atoms with van der Waals surface area (Å²) >= 11 is 5.97. The highest BCUT2D eigenvalue weighted by Crippen LogP contribution is 2.24. The van der Waals surface area contributed by atoms with Crippen LogP contribution in [0.1, 0.15) is 12.5 Å². The molecule has 0 amide bonds. The Labute approximate surface area is 127 Å². The van der Waals surface area contributed by atoms with Crippen molar-refractivity contribution in [3.8, 4) is 0 Å². The molecule has 21 heavy (non-hydrogen) atoms. The molecular formula is C16H16ClN3O. The lowest BCUT2D eigenvalue weighted by molar-refractivity contribution is 0.0714. The molecule has 5 heteroatoms. The summed E-state index contributed by atoms with van der Waals surface area (Å²) in [7, 11) is 0. The molecule has 0 saturated heterocycles. The van der Waals surface area contributed by atoms with Crippen LogP contribution in [-0.4, -0.2) is 21.6 Å². The van der Waals surface area contributed by atoms with Crippen LogP contribution >= 0.6 is 11.6 Å². The van der Waals surface area contributed by atoms with Gasteiger partial charge in [0.1, 0.15) is 5.60 Å². The number of halogens is 1. The number of benzene rings is 2. The van der Waals surface area contributed by atoms with Crippen LogP contribution in [0.2, 0.25) is 5.02 Å². The normalized spacial score (nSPS) is 14.0. The Morgan fingerprint density at radius 3 is 2.81 bits per heavy atom. The molecule has 0 radical (unpaired) electrons. The summed E-state index contributed by atoms with van der Waals surface area (Å²) in [5.41, 5.74) is 1.58. The summed E-state index contributed by atoms with van der Waals surface area (Å²) in [6, 6.07) is 15.0. The predicted molar refractivity (Wildman–Crippen MR) is 85.6 cm³/mol. The number of aliphatic hydroxyl groups is 1. The molecule has 1 unspecified atom stereocenters. The van der Waals surface area contributed by atoms with E-state index in [0.717, 1.165) is 16.6 Å². The van der Waals surface area contributed by atoms with Gasteiger partial charge in [-0.15, -0.1) is 0 Å². The van der Waals surface area contributed by atoms with E-state index in [-0.39, 0.29) is 0 Å². The van der Waals surface area contributed by atoms with E-state index in [4.69, 9.17) is 11.6 Å². The smallest absolute Gasteiger partial charge is 0.201 e. The van der Waals surface area contributed by atoms with Crippen LogP contribution < -0.4 is 5.32 Å². The second-order valence-electron chi connectivity index (χ2n) is 5.24. The van der Waals surface area contributed by atoms with Gasteiger partial charge in [-0.2, -0.15) is 0 Å².